The zero-order chi connectivity index (χ0) is 15.5. The molecule has 2 bridgehead atoms. The second kappa shape index (κ2) is 6.44. The third-order valence-electron chi connectivity index (χ3n) is 3.86. The highest BCUT2D eigenvalue weighted by atomic mass is 32.1. The number of allylic oxidation sites excluding steroid dienone is 1. The van der Waals surface area contributed by atoms with Crippen LogP contribution in [-0.4, -0.2) is 30.3 Å². The molecule has 22 heavy (non-hydrogen) atoms. The average molecular weight is 315 g/mol. The van der Waals surface area contributed by atoms with E-state index in [-0.39, 0.29) is 0 Å². The molecule has 0 spiro atoms. The van der Waals surface area contributed by atoms with Gasteiger partial charge in [-0.2, -0.15) is 0 Å². The number of benzene rings is 1. The lowest BCUT2D eigenvalue weighted by atomic mass is 10.1. The molecule has 2 aliphatic heterocycles. The number of hydrogen-bond acceptors (Lipinski definition) is 6. The molecule has 2 N–H and O–H groups in total. The number of nitrogens with zero attached hydrogens (tertiary/aromatic N) is 3. The number of thiol groups is 1. The van der Waals surface area contributed by atoms with Crippen LogP contribution >= 0.6 is 12.6 Å². The molecule has 0 aliphatic carbocycles. The van der Waals surface area contributed by atoms with Crippen LogP contribution in [0.1, 0.15) is 25.8 Å². The molecule has 0 aromatic heterocycles. The Hall–Kier alpha value is -1.95. The van der Waals surface area contributed by atoms with Gasteiger partial charge in [-0.3, -0.25) is 0 Å². The number of anilines is 1. The molecule has 3 rings (SSSR count). The van der Waals surface area contributed by atoms with Crippen LogP contribution in [0, 0.1) is 0 Å². The predicted molar refractivity (Wildman–Crippen MR) is 94.6 cm³/mol. The monoisotopic (exact) mass is 315 g/mol. The molecule has 1 aromatic carbocycles. The first-order chi connectivity index (χ1) is 10.7. The predicted octanol–water partition coefficient (Wildman–Crippen LogP) is 2.83. The third kappa shape index (κ3) is 3.11. The fourth-order valence-corrected chi connectivity index (χ4v) is 2.91. The number of rotatable bonds is 4. The van der Waals surface area contributed by atoms with E-state index < -0.39 is 0 Å². The molecular weight excluding hydrogens is 294 g/mol. The van der Waals surface area contributed by atoms with E-state index >= 15 is 0 Å². The third-order valence-corrected chi connectivity index (χ3v) is 4.25. The minimum atomic E-state index is 0.653. The summed E-state index contributed by atoms with van der Waals surface area (Å²) in [6, 6.07) is 6.34. The number of hydrogen-bond donors (Lipinski definition) is 3. The first-order valence-corrected chi connectivity index (χ1v) is 7.95. The van der Waals surface area contributed by atoms with Gasteiger partial charge in [0, 0.05) is 41.5 Å². The Bertz CT molecular complexity index is 663. The van der Waals surface area contributed by atoms with Crippen LogP contribution in [0.3, 0.4) is 0 Å². The largest absolute Gasteiger partial charge is 0.384 e. The Kier molecular flexibility index (Phi) is 4.38. The maximum absolute atomic E-state index is 4.54. The zero-order valence-electron chi connectivity index (χ0n) is 12.9. The van der Waals surface area contributed by atoms with Crippen LogP contribution in [0.25, 0.3) is 0 Å². The van der Waals surface area contributed by atoms with Gasteiger partial charge in [0.05, 0.1) is 6.34 Å². The van der Waals surface area contributed by atoms with Gasteiger partial charge in [0.2, 0.25) is 0 Å². The summed E-state index contributed by atoms with van der Waals surface area (Å²) in [5.74, 6) is 0.898. The molecule has 5 nitrogen and oxygen atoms in total. The molecule has 6 heteroatoms. The summed E-state index contributed by atoms with van der Waals surface area (Å²) < 4.78 is 0. The van der Waals surface area contributed by atoms with Crippen LogP contribution in [0.4, 0.5) is 5.69 Å². The number of fused-ring (bicyclic) bond motifs is 2. The highest BCUT2D eigenvalue weighted by molar-refractivity contribution is 7.80. The van der Waals surface area contributed by atoms with Gasteiger partial charge < -0.3 is 15.5 Å². The van der Waals surface area contributed by atoms with Gasteiger partial charge in [-0.15, -0.1) is 12.6 Å². The summed E-state index contributed by atoms with van der Waals surface area (Å²) >= 11 is 4.50. The molecule has 0 fully saturated rings. The summed E-state index contributed by atoms with van der Waals surface area (Å²) in [4.78, 5) is 12.1. The van der Waals surface area contributed by atoms with Crippen LogP contribution in [0.5, 0.6) is 0 Å². The van der Waals surface area contributed by atoms with Crippen molar-refractivity contribution in [2.75, 3.05) is 18.5 Å². The van der Waals surface area contributed by atoms with E-state index in [4.69, 9.17) is 0 Å². The second-order valence-corrected chi connectivity index (χ2v) is 5.93. The Labute approximate surface area is 136 Å². The molecule has 0 radical (unpaired) electrons. The zero-order valence-corrected chi connectivity index (χ0v) is 13.8. The quantitative estimate of drug-likeness (QED) is 0.749. The lowest BCUT2D eigenvalue weighted by Gasteiger charge is -2.30. The van der Waals surface area contributed by atoms with E-state index in [0.29, 0.717) is 6.67 Å². The van der Waals surface area contributed by atoms with E-state index in [2.05, 4.69) is 64.1 Å². The number of nitrogens with one attached hydrogen (secondary N) is 2. The van der Waals surface area contributed by atoms with Gasteiger partial charge in [0.1, 0.15) is 12.5 Å². The number of amidine groups is 1. The molecule has 0 atom stereocenters. The molecule has 2 aliphatic rings. The van der Waals surface area contributed by atoms with Gasteiger partial charge in [0.25, 0.3) is 0 Å². The van der Waals surface area contributed by atoms with E-state index in [1.165, 1.54) is 11.3 Å². The minimum Gasteiger partial charge on any atom is -0.384 e. The summed E-state index contributed by atoms with van der Waals surface area (Å²) in [6.07, 6.45) is 2.52. The van der Waals surface area contributed by atoms with Gasteiger partial charge in [0.15, 0.2) is 0 Å². The van der Waals surface area contributed by atoms with Crippen molar-refractivity contribution < 1.29 is 0 Å². The van der Waals surface area contributed by atoms with Crippen LogP contribution in [0.15, 0.2) is 44.5 Å². The summed E-state index contributed by atoms with van der Waals surface area (Å²) in [5.41, 5.74) is 4.74. The highest BCUT2D eigenvalue weighted by Gasteiger charge is 2.21. The topological polar surface area (TPSA) is 52.0 Å². The Morgan fingerprint density at radius 3 is 3.09 bits per heavy atom. The average Bonchev–Trinajstić information content (AvgIpc) is 2.66. The van der Waals surface area contributed by atoms with Crippen molar-refractivity contribution in [3.05, 3.63) is 35.2 Å². The molecule has 1 aromatic rings. The minimum absolute atomic E-state index is 0.653. The van der Waals surface area contributed by atoms with Gasteiger partial charge >= 0.3 is 0 Å². The lowest BCUT2D eigenvalue weighted by Crippen LogP contribution is -2.30. The fraction of sp³-hybridized carbons (Fsp3) is 0.375. The molecule has 116 valence electrons. The summed E-state index contributed by atoms with van der Waals surface area (Å²) in [5, 5.41) is 6.56. The van der Waals surface area contributed by atoms with Crippen LogP contribution in [0.2, 0.25) is 0 Å². The van der Waals surface area contributed by atoms with E-state index in [1.807, 2.05) is 6.07 Å². The van der Waals surface area contributed by atoms with E-state index in [0.717, 1.165) is 41.6 Å². The summed E-state index contributed by atoms with van der Waals surface area (Å²) in [7, 11) is 0. The van der Waals surface area contributed by atoms with Gasteiger partial charge in [-0.05, 0) is 31.5 Å². The Morgan fingerprint density at radius 2 is 2.27 bits per heavy atom. The van der Waals surface area contributed by atoms with Crippen LogP contribution in [-0.2, 0) is 6.54 Å². The molecule has 0 amide bonds. The highest BCUT2D eigenvalue weighted by Crippen LogP contribution is 2.26. The molecule has 0 saturated heterocycles. The fourth-order valence-electron chi connectivity index (χ4n) is 2.69. The van der Waals surface area contributed by atoms with E-state index in [9.17, 15) is 0 Å². The van der Waals surface area contributed by atoms with Crippen molar-refractivity contribution in [2.24, 2.45) is 9.98 Å². The Balaban J connectivity index is 1.83. The van der Waals surface area contributed by atoms with Crippen molar-refractivity contribution >= 4 is 30.5 Å². The molecule has 2 heterocycles. The van der Waals surface area contributed by atoms with Crippen molar-refractivity contribution in [2.45, 2.75) is 31.7 Å². The maximum atomic E-state index is 4.54. The smallest absolute Gasteiger partial charge is 0.133 e. The lowest BCUT2D eigenvalue weighted by molar-refractivity contribution is 0.329. The van der Waals surface area contributed by atoms with E-state index in [1.54, 1.807) is 6.34 Å². The SMILES string of the molecule is CCNc1cc(CN2CN=C3CC2=C(C)NC=N3)ccc1S. The molecular formula is C16H21N5S. The maximum Gasteiger partial charge on any atom is 0.133 e. The second-order valence-electron chi connectivity index (χ2n) is 5.45. The Morgan fingerprint density at radius 1 is 1.41 bits per heavy atom. The molecule has 0 unspecified atom stereocenters. The van der Waals surface area contributed by atoms with Gasteiger partial charge in [-0.25, -0.2) is 9.98 Å². The van der Waals surface area contributed by atoms with Gasteiger partial charge in [-0.1, -0.05) is 6.07 Å². The normalized spacial score (nSPS) is 17.0. The standard InChI is InChI=1S/C16H21N5S/c1-3-17-13-6-12(4-5-15(13)22)8-21-10-20-16-7-14(21)11(2)18-9-19-16/h4-6,9,17,22H,3,7-8,10H2,1-2H3,(H,18,19,20). The first kappa shape index (κ1) is 15.0. The van der Waals surface area contributed by atoms with Crippen molar-refractivity contribution in [3.8, 4) is 0 Å². The summed E-state index contributed by atoms with van der Waals surface area (Å²) in [6.45, 7) is 6.55. The van der Waals surface area contributed by atoms with Crippen molar-refractivity contribution in [1.29, 1.82) is 0 Å². The number of aliphatic imine (C=N–C) groups is 2. The molecule has 0 saturated carbocycles. The first-order valence-electron chi connectivity index (χ1n) is 7.50. The van der Waals surface area contributed by atoms with Crippen molar-refractivity contribution in [3.63, 3.8) is 0 Å². The van der Waals surface area contributed by atoms with Crippen molar-refractivity contribution in [1.82, 2.24) is 10.2 Å². The van der Waals surface area contributed by atoms with Crippen LogP contribution < -0.4 is 10.6 Å².